The molecule has 190 valence electrons. The Bertz CT molecular complexity index is 1350. The van der Waals surface area contributed by atoms with Crippen molar-refractivity contribution in [3.8, 4) is 16.9 Å². The molecule has 0 radical (unpaired) electrons. The predicted molar refractivity (Wildman–Crippen MR) is 129 cm³/mol. The fourth-order valence-electron chi connectivity index (χ4n) is 5.91. The van der Waals surface area contributed by atoms with E-state index in [0.29, 0.717) is 12.0 Å². The smallest absolute Gasteiger partial charge is 0.448 e. The average molecular weight is 509 g/mol. The van der Waals surface area contributed by atoms with Gasteiger partial charge < -0.3 is 9.47 Å². The van der Waals surface area contributed by atoms with Gasteiger partial charge in [-0.3, -0.25) is 4.90 Å². The van der Waals surface area contributed by atoms with Crippen molar-refractivity contribution in [1.29, 1.82) is 0 Å². The molecule has 1 fully saturated rings. The van der Waals surface area contributed by atoms with Crippen LogP contribution in [0.3, 0.4) is 0 Å². The maximum atomic E-state index is 14.3. The van der Waals surface area contributed by atoms with Gasteiger partial charge in [0.1, 0.15) is 6.61 Å². The zero-order valence-corrected chi connectivity index (χ0v) is 19.7. The van der Waals surface area contributed by atoms with Crippen LogP contribution in [0, 0.1) is 5.82 Å². The lowest BCUT2D eigenvalue weighted by Crippen LogP contribution is -2.43. The molecule has 2 unspecified atom stereocenters. The van der Waals surface area contributed by atoms with Gasteiger partial charge in [0.2, 0.25) is 0 Å². The van der Waals surface area contributed by atoms with Gasteiger partial charge in [-0.15, -0.1) is 13.2 Å². The molecule has 3 aromatic rings. The molecular weight excluding hydrogens is 486 g/mol. The van der Waals surface area contributed by atoms with E-state index in [1.54, 1.807) is 4.90 Å². The molecule has 0 saturated carbocycles. The molecule has 3 aromatic carbocycles. The Morgan fingerprint density at radius 3 is 2.24 bits per heavy atom. The summed E-state index contributed by atoms with van der Waals surface area (Å²) in [6, 6.07) is 19.4. The van der Waals surface area contributed by atoms with Gasteiger partial charge in [0, 0.05) is 12.0 Å². The van der Waals surface area contributed by atoms with Crippen LogP contribution >= 0.6 is 0 Å². The Hall–Kier alpha value is -3.81. The van der Waals surface area contributed by atoms with Crippen molar-refractivity contribution in [1.82, 2.24) is 4.90 Å². The molecule has 6 rings (SSSR count). The first-order valence-corrected chi connectivity index (χ1v) is 12.2. The van der Waals surface area contributed by atoms with Gasteiger partial charge in [-0.2, -0.15) is 0 Å². The largest absolute Gasteiger partial charge is 0.573 e. The van der Waals surface area contributed by atoms with E-state index in [9.17, 15) is 22.4 Å². The van der Waals surface area contributed by atoms with Crippen molar-refractivity contribution in [3.63, 3.8) is 0 Å². The number of carbonyl (C=O) groups is 1. The number of ether oxygens (including phenoxy) is 2. The first kappa shape index (κ1) is 23.6. The van der Waals surface area contributed by atoms with Crippen molar-refractivity contribution in [2.24, 2.45) is 0 Å². The van der Waals surface area contributed by atoms with Gasteiger partial charge in [-0.05, 0) is 64.8 Å². The molecule has 1 aliphatic carbocycles. The van der Waals surface area contributed by atoms with Gasteiger partial charge in [-0.1, -0.05) is 60.7 Å². The van der Waals surface area contributed by atoms with Crippen molar-refractivity contribution in [2.75, 3.05) is 6.61 Å². The molecule has 0 N–H and O–H groups in total. The van der Waals surface area contributed by atoms with Gasteiger partial charge in [0.15, 0.2) is 11.6 Å². The molecular formula is C29H23F4NO3. The number of alkyl halides is 3. The number of amides is 1. The maximum Gasteiger partial charge on any atom is 0.573 e. The highest BCUT2D eigenvalue weighted by Gasteiger charge is 2.41. The highest BCUT2D eigenvalue weighted by atomic mass is 19.4. The summed E-state index contributed by atoms with van der Waals surface area (Å²) >= 11 is 0. The summed E-state index contributed by atoms with van der Waals surface area (Å²) in [6.45, 7) is 0.227. The number of carbonyl (C=O) groups excluding carboxylic acids is 1. The highest BCUT2D eigenvalue weighted by Crippen LogP contribution is 2.45. The van der Waals surface area contributed by atoms with Crippen LogP contribution in [0.1, 0.15) is 41.9 Å². The molecule has 1 saturated heterocycles. The summed E-state index contributed by atoms with van der Waals surface area (Å²) in [6.07, 6.45) is -1.47. The van der Waals surface area contributed by atoms with Gasteiger partial charge in [-0.25, -0.2) is 9.18 Å². The van der Waals surface area contributed by atoms with Crippen LogP contribution < -0.4 is 4.74 Å². The van der Waals surface area contributed by atoms with Crippen LogP contribution in [0.4, 0.5) is 22.4 Å². The van der Waals surface area contributed by atoms with E-state index in [0.717, 1.165) is 52.8 Å². The van der Waals surface area contributed by atoms with E-state index in [1.165, 1.54) is 6.07 Å². The lowest BCUT2D eigenvalue weighted by atomic mass is 9.95. The van der Waals surface area contributed by atoms with Gasteiger partial charge in [0.25, 0.3) is 0 Å². The minimum Gasteiger partial charge on any atom is -0.448 e. The lowest BCUT2D eigenvalue weighted by molar-refractivity contribution is -0.275. The monoisotopic (exact) mass is 509 g/mol. The summed E-state index contributed by atoms with van der Waals surface area (Å²) in [4.78, 5) is 14.9. The van der Waals surface area contributed by atoms with E-state index in [4.69, 9.17) is 4.74 Å². The fourth-order valence-corrected chi connectivity index (χ4v) is 5.91. The molecule has 0 spiro atoms. The van der Waals surface area contributed by atoms with Crippen LogP contribution in [0.5, 0.6) is 5.75 Å². The Labute approximate surface area is 211 Å². The third-order valence-corrected chi connectivity index (χ3v) is 7.47. The van der Waals surface area contributed by atoms with Crippen molar-refractivity contribution < 1.29 is 31.8 Å². The summed E-state index contributed by atoms with van der Waals surface area (Å²) < 4.78 is 61.2. The minimum absolute atomic E-state index is 0.0368. The van der Waals surface area contributed by atoms with Crippen LogP contribution in [0.15, 0.2) is 72.8 Å². The number of halogens is 4. The summed E-state index contributed by atoms with van der Waals surface area (Å²) in [7, 11) is 0. The quantitative estimate of drug-likeness (QED) is 0.347. The Kier molecular flexibility index (Phi) is 5.70. The van der Waals surface area contributed by atoms with Gasteiger partial charge >= 0.3 is 12.5 Å². The number of nitrogens with zero attached hydrogens (tertiary/aromatic N) is 1. The van der Waals surface area contributed by atoms with Crippen LogP contribution in [0.2, 0.25) is 0 Å². The number of benzene rings is 3. The summed E-state index contributed by atoms with van der Waals surface area (Å²) in [5.74, 6) is -1.98. The standard InChI is InChI=1S/C29H23F4NO3/c30-26-15-17(9-12-27(26)37-29(31,32)33)18-13-19-10-11-20(14-18)34(19)28(35)36-16-25-23-7-3-1-5-21(23)22-6-2-4-8-24(22)25/h1-9,12-13,15,19-20,25H,10-11,14,16H2. The van der Waals surface area contributed by atoms with Gasteiger partial charge in [0.05, 0.1) is 6.04 Å². The molecule has 8 heteroatoms. The molecule has 2 atom stereocenters. The summed E-state index contributed by atoms with van der Waals surface area (Å²) in [5, 5.41) is 0. The Morgan fingerprint density at radius 2 is 1.62 bits per heavy atom. The normalized spacial score (nSPS) is 20.3. The van der Waals surface area contributed by atoms with Crippen molar-refractivity contribution in [3.05, 3.63) is 95.3 Å². The number of hydrogen-bond donors (Lipinski definition) is 0. The zero-order valence-electron chi connectivity index (χ0n) is 19.7. The zero-order chi connectivity index (χ0) is 25.7. The third kappa shape index (κ3) is 4.34. The minimum atomic E-state index is -4.96. The first-order valence-electron chi connectivity index (χ1n) is 12.2. The van der Waals surface area contributed by atoms with E-state index in [1.807, 2.05) is 30.3 Å². The second kappa shape index (κ2) is 8.94. The second-order valence-electron chi connectivity index (χ2n) is 9.60. The predicted octanol–water partition coefficient (Wildman–Crippen LogP) is 7.29. The summed E-state index contributed by atoms with van der Waals surface area (Å²) in [5.41, 5.74) is 5.87. The molecule has 2 bridgehead atoms. The highest BCUT2D eigenvalue weighted by molar-refractivity contribution is 5.79. The molecule has 4 nitrogen and oxygen atoms in total. The van der Waals surface area contributed by atoms with Crippen LogP contribution in [-0.4, -0.2) is 36.0 Å². The molecule has 1 amide bonds. The third-order valence-electron chi connectivity index (χ3n) is 7.47. The fraction of sp³-hybridized carbons (Fsp3) is 0.276. The Morgan fingerprint density at radius 1 is 0.946 bits per heavy atom. The van der Waals surface area contributed by atoms with Crippen LogP contribution in [0.25, 0.3) is 16.7 Å². The van der Waals surface area contributed by atoms with E-state index in [-0.39, 0.29) is 30.7 Å². The number of hydrogen-bond acceptors (Lipinski definition) is 3. The van der Waals surface area contributed by atoms with E-state index >= 15 is 0 Å². The molecule has 37 heavy (non-hydrogen) atoms. The van der Waals surface area contributed by atoms with Crippen molar-refractivity contribution >= 4 is 11.7 Å². The molecule has 0 aromatic heterocycles. The topological polar surface area (TPSA) is 38.8 Å². The maximum absolute atomic E-state index is 14.3. The average Bonchev–Trinajstić information content (AvgIpc) is 3.33. The number of rotatable bonds is 4. The lowest BCUT2D eigenvalue weighted by Gasteiger charge is -2.33. The first-order chi connectivity index (χ1) is 17.8. The van der Waals surface area contributed by atoms with Crippen molar-refractivity contribution in [2.45, 2.75) is 43.6 Å². The van der Waals surface area contributed by atoms with E-state index < -0.39 is 17.9 Å². The Balaban J connectivity index is 1.17. The number of fused-ring (bicyclic) bond motifs is 5. The second-order valence-corrected chi connectivity index (χ2v) is 9.60. The van der Waals surface area contributed by atoms with E-state index in [2.05, 4.69) is 29.0 Å². The van der Waals surface area contributed by atoms with Crippen LogP contribution in [-0.2, 0) is 4.74 Å². The SMILES string of the molecule is O=C(OCC1c2ccccc2-c2ccccc21)N1C2C=C(c3ccc(OC(F)(F)F)c(F)c3)CC1CC2. The molecule has 3 aliphatic rings. The molecule has 2 aliphatic heterocycles. The molecule has 2 heterocycles.